The van der Waals surface area contributed by atoms with Crippen molar-refractivity contribution in [2.75, 3.05) is 6.54 Å². The van der Waals surface area contributed by atoms with E-state index in [1.165, 1.54) is 0 Å². The van der Waals surface area contributed by atoms with Crippen molar-refractivity contribution in [1.29, 1.82) is 0 Å². The van der Waals surface area contributed by atoms with E-state index < -0.39 is 11.6 Å². The summed E-state index contributed by atoms with van der Waals surface area (Å²) in [5.74, 6) is 0.303. The lowest BCUT2D eigenvalue weighted by molar-refractivity contribution is -0.137. The Hall–Kier alpha value is -3.42. The van der Waals surface area contributed by atoms with Gasteiger partial charge in [-0.2, -0.15) is 0 Å². The first-order valence-corrected chi connectivity index (χ1v) is 11.7. The van der Waals surface area contributed by atoms with Crippen LogP contribution in [0.15, 0.2) is 48.7 Å². The number of urea groups is 1. The average molecular weight is 465 g/mol. The lowest BCUT2D eigenvalue weighted by Gasteiger charge is -2.43. The monoisotopic (exact) mass is 464 g/mol. The van der Waals surface area contributed by atoms with Gasteiger partial charge in [-0.3, -0.25) is 19.5 Å². The van der Waals surface area contributed by atoms with Crippen molar-refractivity contribution in [2.24, 2.45) is 11.3 Å². The Bertz CT molecular complexity index is 1070. The van der Waals surface area contributed by atoms with Gasteiger partial charge in [0, 0.05) is 12.7 Å². The molecule has 2 unspecified atom stereocenters. The van der Waals surface area contributed by atoms with Crippen molar-refractivity contribution in [1.82, 2.24) is 20.5 Å². The third kappa shape index (κ3) is 5.38. The number of pyridine rings is 1. The number of hydrogen-bond acceptors (Lipinski definition) is 5. The molecule has 1 aromatic carbocycles. The quantitative estimate of drug-likeness (QED) is 0.612. The molecule has 1 saturated heterocycles. The molecule has 4 amide bonds. The van der Waals surface area contributed by atoms with Gasteiger partial charge in [0.05, 0.1) is 5.69 Å². The number of aromatic nitrogens is 1. The fraction of sp³-hybridized carbons (Fsp3) is 0.462. The molecule has 0 radical (unpaired) electrons. The molecular formula is C26H32N4O4. The van der Waals surface area contributed by atoms with Crippen molar-refractivity contribution in [3.63, 3.8) is 0 Å². The first-order valence-electron chi connectivity index (χ1n) is 11.7. The van der Waals surface area contributed by atoms with Gasteiger partial charge in [-0.15, -0.1) is 0 Å². The minimum absolute atomic E-state index is 0.0530. The summed E-state index contributed by atoms with van der Waals surface area (Å²) in [6.45, 7) is 6.65. The molecule has 8 nitrogen and oxygen atoms in total. The molecule has 2 fully saturated rings. The van der Waals surface area contributed by atoms with E-state index in [-0.39, 0.29) is 30.3 Å². The van der Waals surface area contributed by atoms with Gasteiger partial charge in [0.15, 0.2) is 0 Å². The largest absolute Gasteiger partial charge is 0.487 e. The number of hydrogen-bond donors (Lipinski definition) is 2. The number of benzene rings is 1. The second-order valence-corrected chi connectivity index (χ2v) is 10.3. The fourth-order valence-corrected chi connectivity index (χ4v) is 5.44. The van der Waals surface area contributed by atoms with Crippen LogP contribution in [0.1, 0.15) is 51.3 Å². The highest BCUT2D eigenvalue weighted by atomic mass is 16.5. The Morgan fingerprint density at radius 2 is 2.03 bits per heavy atom. The summed E-state index contributed by atoms with van der Waals surface area (Å²) in [6, 6.07) is 12.6. The van der Waals surface area contributed by atoms with Gasteiger partial charge in [-0.05, 0) is 60.4 Å². The van der Waals surface area contributed by atoms with Crippen LogP contribution in [0.4, 0.5) is 4.79 Å². The van der Waals surface area contributed by atoms with E-state index in [0.717, 1.165) is 22.6 Å². The van der Waals surface area contributed by atoms with Crippen LogP contribution in [-0.2, 0) is 22.7 Å². The molecule has 1 saturated carbocycles. The number of ether oxygens (including phenoxy) is 1. The molecule has 2 N–H and O–H groups in total. The van der Waals surface area contributed by atoms with Gasteiger partial charge in [0.1, 0.15) is 24.4 Å². The van der Waals surface area contributed by atoms with Crippen LogP contribution in [0.3, 0.4) is 0 Å². The summed E-state index contributed by atoms with van der Waals surface area (Å²) in [6.07, 6.45) is 3.90. The zero-order valence-electron chi connectivity index (χ0n) is 20.0. The molecule has 1 aliphatic heterocycles. The molecule has 180 valence electrons. The number of imide groups is 1. The third-order valence-electron chi connectivity index (χ3n) is 6.43. The third-order valence-corrected chi connectivity index (χ3v) is 6.43. The number of nitrogens with zero attached hydrogens (tertiary/aromatic N) is 2. The number of carbonyl (C=O) groups is 3. The van der Waals surface area contributed by atoms with E-state index in [1.54, 1.807) is 6.20 Å². The molecule has 8 heteroatoms. The van der Waals surface area contributed by atoms with Crippen molar-refractivity contribution in [3.05, 3.63) is 59.9 Å². The zero-order valence-corrected chi connectivity index (χ0v) is 20.0. The van der Waals surface area contributed by atoms with Crippen LogP contribution in [0, 0.1) is 11.3 Å². The van der Waals surface area contributed by atoms with E-state index in [4.69, 9.17) is 4.74 Å². The molecule has 4 rings (SSSR count). The summed E-state index contributed by atoms with van der Waals surface area (Å²) in [5.41, 5.74) is 0.715. The Kier molecular flexibility index (Phi) is 6.59. The second kappa shape index (κ2) is 9.44. The maximum atomic E-state index is 13.2. The van der Waals surface area contributed by atoms with Crippen LogP contribution in [-0.4, -0.2) is 39.8 Å². The van der Waals surface area contributed by atoms with E-state index in [2.05, 4.69) is 36.4 Å². The first kappa shape index (κ1) is 23.7. The van der Waals surface area contributed by atoms with Crippen molar-refractivity contribution >= 4 is 17.8 Å². The predicted octanol–water partition coefficient (Wildman–Crippen LogP) is 3.41. The smallest absolute Gasteiger partial charge is 0.325 e. The molecule has 1 spiro atoms. The Balaban J connectivity index is 1.32. The number of carbonyl (C=O) groups excluding carboxylic acids is 3. The summed E-state index contributed by atoms with van der Waals surface area (Å²) < 4.78 is 5.78. The average Bonchev–Trinajstić information content (AvgIpc) is 2.99. The van der Waals surface area contributed by atoms with E-state index in [0.29, 0.717) is 31.1 Å². The number of rotatable bonds is 7. The van der Waals surface area contributed by atoms with Gasteiger partial charge < -0.3 is 15.4 Å². The summed E-state index contributed by atoms with van der Waals surface area (Å²) in [5, 5.41) is 5.71. The van der Waals surface area contributed by atoms with Crippen LogP contribution in [0.2, 0.25) is 0 Å². The summed E-state index contributed by atoms with van der Waals surface area (Å²) >= 11 is 0. The van der Waals surface area contributed by atoms with Crippen LogP contribution in [0.5, 0.6) is 5.75 Å². The number of amides is 4. The van der Waals surface area contributed by atoms with Gasteiger partial charge in [0.25, 0.3) is 5.91 Å². The summed E-state index contributed by atoms with van der Waals surface area (Å²) in [4.78, 5) is 43.7. The van der Waals surface area contributed by atoms with E-state index in [9.17, 15) is 14.4 Å². The highest BCUT2D eigenvalue weighted by molar-refractivity contribution is 6.09. The fourth-order valence-electron chi connectivity index (χ4n) is 5.44. The Labute approximate surface area is 200 Å². The normalized spacial score (nSPS) is 23.6. The molecule has 2 heterocycles. The molecule has 1 aromatic heterocycles. The van der Waals surface area contributed by atoms with Gasteiger partial charge in [-0.25, -0.2) is 4.79 Å². The van der Waals surface area contributed by atoms with Crippen molar-refractivity contribution in [2.45, 2.75) is 58.7 Å². The van der Waals surface area contributed by atoms with E-state index >= 15 is 0 Å². The van der Waals surface area contributed by atoms with E-state index in [1.807, 2.05) is 42.5 Å². The maximum Gasteiger partial charge on any atom is 0.325 e. The molecule has 2 aliphatic rings. The molecule has 1 aliphatic carbocycles. The zero-order chi connectivity index (χ0) is 24.3. The second-order valence-electron chi connectivity index (χ2n) is 10.3. The number of nitrogens with one attached hydrogen (secondary N) is 2. The highest BCUT2D eigenvalue weighted by Gasteiger charge is 2.56. The molecule has 34 heavy (non-hydrogen) atoms. The SMILES string of the molecule is CC1CC(C)(C)CC2(C1)NC(=O)N(CC(=O)NCc1cccc(OCc3ccccn3)c1)C2=O. The van der Waals surface area contributed by atoms with Crippen LogP contribution < -0.4 is 15.4 Å². The van der Waals surface area contributed by atoms with Crippen LogP contribution in [0.25, 0.3) is 0 Å². The van der Waals surface area contributed by atoms with Gasteiger partial charge >= 0.3 is 6.03 Å². The highest BCUT2D eigenvalue weighted by Crippen LogP contribution is 2.46. The molecule has 0 bridgehead atoms. The maximum absolute atomic E-state index is 13.2. The molecule has 2 aromatic rings. The lowest BCUT2D eigenvalue weighted by Crippen LogP contribution is -2.54. The van der Waals surface area contributed by atoms with Crippen molar-refractivity contribution < 1.29 is 19.1 Å². The minimum Gasteiger partial charge on any atom is -0.487 e. The first-order chi connectivity index (χ1) is 16.2. The lowest BCUT2D eigenvalue weighted by atomic mass is 9.64. The van der Waals surface area contributed by atoms with Crippen molar-refractivity contribution in [3.8, 4) is 5.75 Å². The minimum atomic E-state index is -0.905. The van der Waals surface area contributed by atoms with Crippen LogP contribution >= 0.6 is 0 Å². The Morgan fingerprint density at radius 1 is 1.21 bits per heavy atom. The topological polar surface area (TPSA) is 101 Å². The molecular weight excluding hydrogens is 432 g/mol. The predicted molar refractivity (Wildman–Crippen MR) is 127 cm³/mol. The standard InChI is InChI=1S/C26H32N4O4/c1-18-12-25(2,3)17-26(13-18)23(32)30(24(33)29-26)15-22(31)28-14-19-7-6-9-21(11-19)34-16-20-8-4-5-10-27-20/h4-11,18H,12-17H2,1-3H3,(H,28,31)(H,29,33). The summed E-state index contributed by atoms with van der Waals surface area (Å²) in [7, 11) is 0. The Morgan fingerprint density at radius 3 is 2.76 bits per heavy atom. The van der Waals surface area contributed by atoms with Gasteiger partial charge in [-0.1, -0.05) is 39.0 Å². The van der Waals surface area contributed by atoms with Gasteiger partial charge in [0.2, 0.25) is 5.91 Å². The molecule has 2 atom stereocenters.